The highest BCUT2D eigenvalue weighted by Gasteiger charge is 2.30. The molecule has 0 bridgehead atoms. The summed E-state index contributed by atoms with van der Waals surface area (Å²) in [5.74, 6) is -2.39. The van der Waals surface area contributed by atoms with E-state index in [1.54, 1.807) is 0 Å². The molecule has 6 nitrogen and oxygen atoms in total. The Labute approximate surface area is 152 Å². The molecule has 128 valence electrons. The molecule has 0 unspecified atom stereocenters. The van der Waals surface area contributed by atoms with Crippen LogP contribution in [-0.2, 0) is 7.05 Å². The molecule has 0 aliphatic heterocycles. The fraction of sp³-hybridized carbons (Fsp3) is 0.0667. The molecule has 0 spiro atoms. The number of aryl methyl sites for hydroxylation is 1. The average Bonchev–Trinajstić information content (AvgIpc) is 2.84. The number of hydrogen-bond donors (Lipinski definition) is 0. The van der Waals surface area contributed by atoms with E-state index < -0.39 is 28.2 Å². The van der Waals surface area contributed by atoms with Gasteiger partial charge in [0.2, 0.25) is 11.7 Å². The molecule has 0 radical (unpaired) electrons. The van der Waals surface area contributed by atoms with Crippen LogP contribution in [0, 0.1) is 21.9 Å². The molecule has 2 aromatic carbocycles. The van der Waals surface area contributed by atoms with Gasteiger partial charge in [0.05, 0.1) is 19.8 Å². The Balaban J connectivity index is 2.36. The van der Waals surface area contributed by atoms with Crippen LogP contribution in [0.4, 0.5) is 14.5 Å². The number of carbonyl (C=O) groups excluding carboxylic acids is 1. The number of halogens is 4. The van der Waals surface area contributed by atoms with Crippen molar-refractivity contribution in [2.45, 2.75) is 0 Å². The first-order valence-corrected chi connectivity index (χ1v) is 7.88. The summed E-state index contributed by atoms with van der Waals surface area (Å²) in [6, 6.07) is 4.02. The van der Waals surface area contributed by atoms with Gasteiger partial charge in [-0.3, -0.25) is 14.9 Å². The van der Waals surface area contributed by atoms with Gasteiger partial charge in [0.1, 0.15) is 16.9 Å². The summed E-state index contributed by atoms with van der Waals surface area (Å²) in [5, 5.41) is 15.1. The Morgan fingerprint density at radius 3 is 2.68 bits per heavy atom. The average molecular weight is 431 g/mol. The zero-order valence-electron chi connectivity index (χ0n) is 12.4. The smallest absolute Gasteiger partial charge is 0.282 e. The standard InChI is InChI=1S/C15H7BrClF2N3O3/c1-21-15(19)8-5-10(22(24)25)11(12(16)13(8)20-21)14(23)7-4-6(18)2-3-9(7)17/h2-5H,1H3. The van der Waals surface area contributed by atoms with Crippen molar-refractivity contribution >= 4 is 49.9 Å². The maximum atomic E-state index is 14.1. The SMILES string of the molecule is Cn1nc2c(Br)c(C(=O)c3cc(F)ccc3Cl)c([N+](=O)[O-])cc2c1F. The van der Waals surface area contributed by atoms with Crippen LogP contribution in [0.2, 0.25) is 5.02 Å². The molecular weight excluding hydrogens is 424 g/mol. The van der Waals surface area contributed by atoms with E-state index in [-0.39, 0.29) is 31.5 Å². The van der Waals surface area contributed by atoms with Crippen molar-refractivity contribution in [2.24, 2.45) is 7.05 Å². The number of nitrogens with zero attached hydrogens (tertiary/aromatic N) is 3. The molecular formula is C15H7BrClF2N3O3. The van der Waals surface area contributed by atoms with Gasteiger partial charge in [0.15, 0.2) is 0 Å². The molecule has 0 aliphatic carbocycles. The van der Waals surface area contributed by atoms with Crippen LogP contribution in [0.1, 0.15) is 15.9 Å². The summed E-state index contributed by atoms with van der Waals surface area (Å²) in [6.07, 6.45) is 0. The lowest BCUT2D eigenvalue weighted by Crippen LogP contribution is -2.08. The lowest BCUT2D eigenvalue weighted by atomic mass is 10.00. The van der Waals surface area contributed by atoms with Crippen LogP contribution in [0.3, 0.4) is 0 Å². The molecule has 0 saturated heterocycles. The Kier molecular flexibility index (Phi) is 4.29. The molecule has 1 heterocycles. The number of aromatic nitrogens is 2. The predicted octanol–water partition coefficient (Wildman–Crippen LogP) is 4.41. The minimum atomic E-state index is -0.879. The quantitative estimate of drug-likeness (QED) is 0.350. The van der Waals surface area contributed by atoms with Gasteiger partial charge in [-0.05, 0) is 34.1 Å². The summed E-state index contributed by atoms with van der Waals surface area (Å²) in [5.41, 5.74) is -1.25. The number of ketones is 1. The largest absolute Gasteiger partial charge is 0.288 e. The Bertz CT molecular complexity index is 1070. The number of nitro benzene ring substituents is 1. The van der Waals surface area contributed by atoms with E-state index >= 15 is 0 Å². The highest BCUT2D eigenvalue weighted by atomic mass is 79.9. The maximum absolute atomic E-state index is 14.1. The number of nitro groups is 1. The van der Waals surface area contributed by atoms with Crippen molar-refractivity contribution in [2.75, 3.05) is 0 Å². The molecule has 0 amide bonds. The maximum Gasteiger partial charge on any atom is 0.282 e. The van der Waals surface area contributed by atoms with Gasteiger partial charge >= 0.3 is 0 Å². The van der Waals surface area contributed by atoms with E-state index in [4.69, 9.17) is 11.6 Å². The third-order valence-electron chi connectivity index (χ3n) is 3.57. The molecule has 0 fully saturated rings. The molecule has 1 aromatic heterocycles. The van der Waals surface area contributed by atoms with E-state index in [0.29, 0.717) is 0 Å². The van der Waals surface area contributed by atoms with Crippen molar-refractivity contribution < 1.29 is 18.5 Å². The van der Waals surface area contributed by atoms with Gasteiger partial charge in [0.25, 0.3) is 5.69 Å². The molecule has 3 rings (SSSR count). The minimum Gasteiger partial charge on any atom is -0.288 e. The van der Waals surface area contributed by atoms with Crippen LogP contribution in [0.15, 0.2) is 28.7 Å². The second-order valence-electron chi connectivity index (χ2n) is 5.11. The van der Waals surface area contributed by atoms with Crippen molar-refractivity contribution in [3.8, 4) is 0 Å². The lowest BCUT2D eigenvalue weighted by molar-refractivity contribution is -0.385. The number of fused-ring (bicyclic) bond motifs is 1. The Hall–Kier alpha value is -2.39. The number of benzene rings is 2. The normalized spacial score (nSPS) is 11.1. The third kappa shape index (κ3) is 2.79. The Morgan fingerprint density at radius 2 is 2.04 bits per heavy atom. The fourth-order valence-electron chi connectivity index (χ4n) is 2.42. The summed E-state index contributed by atoms with van der Waals surface area (Å²) in [4.78, 5) is 23.4. The fourth-order valence-corrected chi connectivity index (χ4v) is 3.30. The van der Waals surface area contributed by atoms with Gasteiger partial charge in [-0.25, -0.2) is 9.07 Å². The summed E-state index contributed by atoms with van der Waals surface area (Å²) >= 11 is 9.01. The highest BCUT2D eigenvalue weighted by Crippen LogP contribution is 2.37. The molecule has 0 N–H and O–H groups in total. The van der Waals surface area contributed by atoms with Gasteiger partial charge in [-0.1, -0.05) is 11.6 Å². The number of carbonyl (C=O) groups is 1. The van der Waals surface area contributed by atoms with Crippen LogP contribution in [0.25, 0.3) is 10.9 Å². The van der Waals surface area contributed by atoms with Crippen molar-refractivity contribution in [1.29, 1.82) is 0 Å². The van der Waals surface area contributed by atoms with Crippen LogP contribution in [-0.4, -0.2) is 20.5 Å². The van der Waals surface area contributed by atoms with Gasteiger partial charge in [-0.2, -0.15) is 9.49 Å². The second kappa shape index (κ2) is 6.16. The van der Waals surface area contributed by atoms with Crippen LogP contribution in [0.5, 0.6) is 0 Å². The second-order valence-corrected chi connectivity index (χ2v) is 6.31. The van der Waals surface area contributed by atoms with Gasteiger partial charge < -0.3 is 0 Å². The van der Waals surface area contributed by atoms with Crippen molar-refractivity contribution in [3.05, 3.63) is 66.8 Å². The van der Waals surface area contributed by atoms with Crippen LogP contribution < -0.4 is 0 Å². The van der Waals surface area contributed by atoms with E-state index in [1.165, 1.54) is 13.1 Å². The predicted molar refractivity (Wildman–Crippen MR) is 89.9 cm³/mol. The number of rotatable bonds is 3. The van der Waals surface area contributed by atoms with Crippen molar-refractivity contribution in [3.63, 3.8) is 0 Å². The van der Waals surface area contributed by atoms with E-state index in [9.17, 15) is 23.7 Å². The van der Waals surface area contributed by atoms with Gasteiger partial charge in [-0.15, -0.1) is 0 Å². The molecule has 25 heavy (non-hydrogen) atoms. The summed E-state index contributed by atoms with van der Waals surface area (Å²) < 4.78 is 28.3. The Morgan fingerprint density at radius 1 is 1.36 bits per heavy atom. The minimum absolute atomic E-state index is 0.0291. The van der Waals surface area contributed by atoms with Gasteiger partial charge in [0, 0.05) is 18.7 Å². The third-order valence-corrected chi connectivity index (χ3v) is 4.67. The zero-order chi connectivity index (χ0) is 18.5. The monoisotopic (exact) mass is 429 g/mol. The summed E-state index contributed by atoms with van der Waals surface area (Å²) in [7, 11) is 1.32. The van der Waals surface area contributed by atoms with Crippen LogP contribution >= 0.6 is 27.5 Å². The van der Waals surface area contributed by atoms with Crippen molar-refractivity contribution in [1.82, 2.24) is 9.78 Å². The number of hydrogen-bond acceptors (Lipinski definition) is 4. The topological polar surface area (TPSA) is 78.0 Å². The van der Waals surface area contributed by atoms with E-state index in [0.717, 1.165) is 22.9 Å². The van der Waals surface area contributed by atoms with E-state index in [1.807, 2.05) is 0 Å². The first-order chi connectivity index (χ1) is 11.7. The molecule has 10 heteroatoms. The molecule has 3 aromatic rings. The zero-order valence-corrected chi connectivity index (χ0v) is 14.7. The highest BCUT2D eigenvalue weighted by molar-refractivity contribution is 9.10. The first-order valence-electron chi connectivity index (χ1n) is 6.71. The molecule has 0 saturated carbocycles. The summed E-state index contributed by atoms with van der Waals surface area (Å²) in [6.45, 7) is 0. The lowest BCUT2D eigenvalue weighted by Gasteiger charge is -2.07. The van der Waals surface area contributed by atoms with E-state index in [2.05, 4.69) is 21.0 Å². The first kappa shape index (κ1) is 17.4. The molecule has 0 aliphatic rings. The molecule has 0 atom stereocenters.